The molecule has 3 aliphatic rings. The van der Waals surface area contributed by atoms with Crippen LogP contribution in [-0.2, 0) is 19.9 Å². The first-order chi connectivity index (χ1) is 13.9. The monoisotopic (exact) mass is 396 g/mol. The Morgan fingerprint density at radius 3 is 2.23 bits per heavy atom. The number of nitrogens with zero attached hydrogens (tertiary/aromatic N) is 1. The molecule has 2 bridgehead atoms. The molecule has 5 nitrogen and oxygen atoms in total. The van der Waals surface area contributed by atoms with Crippen molar-refractivity contribution in [2.75, 3.05) is 14.1 Å². The van der Waals surface area contributed by atoms with Crippen molar-refractivity contribution >= 4 is 28.6 Å². The molecule has 3 aliphatic heterocycles. The molecule has 0 aliphatic carbocycles. The topological polar surface area (TPSA) is 59.1 Å². The number of thiophene rings is 2. The zero-order valence-electron chi connectivity index (χ0n) is 18.4. The molecule has 5 heterocycles. The standard InChI is InChI=1S/C19H22NO4S2/c1-20(2)12-9-11(10-13(20)17-16(12)24-17)23-18(21)19(22,14-5-3-7-25-14)15-6-4-8-26-15/h3-8,11-13,16-17,22H,9-10H2,1-2H3/q+1/i12D,13D,16D,17D. The number of carbonyl (C=O) groups excluding carboxylic acids is 1. The second-order valence-electron chi connectivity index (χ2n) is 7.21. The van der Waals surface area contributed by atoms with Crippen LogP contribution in [0.1, 0.15) is 28.1 Å². The van der Waals surface area contributed by atoms with Gasteiger partial charge < -0.3 is 19.1 Å². The van der Waals surface area contributed by atoms with Crippen LogP contribution in [0.5, 0.6) is 0 Å². The van der Waals surface area contributed by atoms with E-state index in [1.165, 1.54) is 22.7 Å². The third-order valence-corrected chi connectivity index (χ3v) is 7.37. The van der Waals surface area contributed by atoms with Crippen LogP contribution in [0.2, 0.25) is 0 Å². The Bertz CT molecular complexity index is 952. The second kappa shape index (κ2) is 5.62. The van der Waals surface area contributed by atoms with Gasteiger partial charge in [-0.25, -0.2) is 4.79 Å². The van der Waals surface area contributed by atoms with Crippen LogP contribution in [0.3, 0.4) is 0 Å². The third-order valence-electron chi connectivity index (χ3n) is 5.41. The largest absolute Gasteiger partial charge is 0.459 e. The van der Waals surface area contributed by atoms with Crippen molar-refractivity contribution < 1.29 is 29.3 Å². The van der Waals surface area contributed by atoms with E-state index in [1.54, 1.807) is 49.1 Å². The van der Waals surface area contributed by atoms with E-state index in [1.807, 2.05) is 0 Å². The molecular weight excluding hydrogens is 370 g/mol. The highest BCUT2D eigenvalue weighted by molar-refractivity contribution is 7.12. The molecule has 0 amide bonds. The number of rotatable bonds is 4. The average molecular weight is 397 g/mol. The van der Waals surface area contributed by atoms with Gasteiger partial charge in [-0.2, -0.15) is 0 Å². The summed E-state index contributed by atoms with van der Waals surface area (Å²) in [4.78, 5) is 14.1. The van der Waals surface area contributed by atoms with Crippen LogP contribution in [0.4, 0.5) is 0 Å². The van der Waals surface area contributed by atoms with Crippen LogP contribution in [0.25, 0.3) is 0 Å². The fourth-order valence-electron chi connectivity index (χ4n) is 3.88. The Kier molecular flexibility index (Phi) is 2.82. The average Bonchev–Trinajstić information content (AvgIpc) is 3.18. The van der Waals surface area contributed by atoms with Crippen molar-refractivity contribution in [3.8, 4) is 0 Å². The van der Waals surface area contributed by atoms with Gasteiger partial charge in [0.05, 0.1) is 29.3 Å². The number of piperidine rings is 1. The van der Waals surface area contributed by atoms with Gasteiger partial charge in [-0.15, -0.1) is 22.7 Å². The Labute approximate surface area is 166 Å². The fraction of sp³-hybridized carbons (Fsp3) is 0.526. The molecule has 7 heteroatoms. The quantitative estimate of drug-likeness (QED) is 0.490. The number of epoxide rings is 1. The second-order valence-corrected chi connectivity index (χ2v) is 9.10. The molecule has 0 radical (unpaired) electrons. The van der Waals surface area contributed by atoms with Gasteiger partial charge in [-0.05, 0) is 22.9 Å². The van der Waals surface area contributed by atoms with E-state index in [2.05, 4.69) is 0 Å². The van der Waals surface area contributed by atoms with E-state index in [0.717, 1.165) is 0 Å². The summed E-state index contributed by atoms with van der Waals surface area (Å²) in [5.74, 6) is -0.871. The number of quaternary nitrogens is 1. The van der Waals surface area contributed by atoms with Crippen molar-refractivity contribution in [2.24, 2.45) is 0 Å². The van der Waals surface area contributed by atoms with Crippen LogP contribution >= 0.6 is 22.7 Å². The summed E-state index contributed by atoms with van der Waals surface area (Å²) in [6.45, 7) is 0. The van der Waals surface area contributed by atoms with Gasteiger partial charge in [0, 0.05) is 12.8 Å². The maximum Gasteiger partial charge on any atom is 0.349 e. The molecule has 2 aromatic heterocycles. The van der Waals surface area contributed by atoms with Gasteiger partial charge >= 0.3 is 5.97 Å². The van der Waals surface area contributed by atoms with E-state index >= 15 is 0 Å². The maximum atomic E-state index is 13.3. The summed E-state index contributed by atoms with van der Waals surface area (Å²) >= 11 is 2.47. The number of aliphatic hydroxyl groups is 1. The molecule has 1 N–H and O–H groups in total. The number of hydrogen-bond donors (Lipinski definition) is 1. The molecule has 2 aromatic rings. The van der Waals surface area contributed by atoms with Gasteiger partial charge in [0.2, 0.25) is 5.60 Å². The molecule has 26 heavy (non-hydrogen) atoms. The predicted octanol–water partition coefficient (Wildman–Crippen LogP) is 2.35. The number of carbonyl (C=O) groups is 1. The summed E-state index contributed by atoms with van der Waals surface area (Å²) < 4.78 is 46.0. The molecular formula is C19H22NO4S2+. The van der Waals surface area contributed by atoms with E-state index in [0.29, 0.717) is 9.75 Å². The van der Waals surface area contributed by atoms with Gasteiger partial charge in [0.1, 0.15) is 30.3 Å². The lowest BCUT2D eigenvalue weighted by molar-refractivity contribution is -0.938. The Morgan fingerprint density at radius 2 is 1.77 bits per heavy atom. The fourth-order valence-corrected chi connectivity index (χ4v) is 5.60. The predicted molar refractivity (Wildman–Crippen MR) is 99.1 cm³/mol. The summed E-state index contributed by atoms with van der Waals surface area (Å²) in [7, 11) is 3.32. The molecule has 138 valence electrons. The van der Waals surface area contributed by atoms with E-state index in [-0.39, 0.29) is 17.3 Å². The Morgan fingerprint density at radius 1 is 1.23 bits per heavy atom. The Hall–Kier alpha value is -1.25. The molecule has 0 saturated carbocycles. The van der Waals surface area contributed by atoms with E-state index < -0.39 is 41.9 Å². The molecule has 0 spiro atoms. The maximum absolute atomic E-state index is 13.3. The number of morpholine rings is 1. The van der Waals surface area contributed by atoms with Crippen LogP contribution in [-0.4, -0.2) is 60.0 Å². The van der Waals surface area contributed by atoms with E-state index in [9.17, 15) is 9.90 Å². The zero-order chi connectivity index (χ0) is 21.8. The minimum atomic E-state index is -1.98. The Balaban J connectivity index is 1.49. The minimum absolute atomic E-state index is 0.0541. The summed E-state index contributed by atoms with van der Waals surface area (Å²) in [6, 6.07) is 3.50. The van der Waals surface area contributed by atoms with Crippen LogP contribution in [0, 0.1) is 0 Å². The first kappa shape index (κ1) is 13.0. The molecule has 3 fully saturated rings. The molecule has 0 aromatic carbocycles. The van der Waals surface area contributed by atoms with Crippen molar-refractivity contribution in [3.05, 3.63) is 44.8 Å². The summed E-state index contributed by atoms with van der Waals surface area (Å²) in [5, 5.41) is 14.9. The normalized spacial score (nSPS) is 47.9. The molecule has 3 saturated heterocycles. The minimum Gasteiger partial charge on any atom is -0.459 e. The zero-order valence-corrected chi connectivity index (χ0v) is 16.0. The SMILES string of the molecule is [2H]C12OC1([2H])C1([2H])CC(OC(=O)C(O)(c3cccs3)c3cccs3)CC2([2H])[N+]1(C)C. The molecule has 4 atom stereocenters. The lowest BCUT2D eigenvalue weighted by Gasteiger charge is -2.45. The van der Waals surface area contributed by atoms with Crippen molar-refractivity contribution in [2.45, 2.75) is 48.7 Å². The van der Waals surface area contributed by atoms with E-state index in [4.69, 9.17) is 15.0 Å². The third kappa shape index (κ3) is 2.28. The van der Waals surface area contributed by atoms with Gasteiger partial charge in [-0.3, -0.25) is 0 Å². The number of esters is 1. The van der Waals surface area contributed by atoms with Crippen molar-refractivity contribution in [3.63, 3.8) is 0 Å². The number of fused-ring (bicyclic) bond motifs is 5. The summed E-state index contributed by atoms with van der Waals surface area (Å²) in [6.07, 6.45) is -4.71. The van der Waals surface area contributed by atoms with Crippen LogP contribution in [0.15, 0.2) is 35.0 Å². The number of likely N-dealkylation sites (N-methyl/N-ethyl adjacent to an activating group) is 1. The molecule has 5 rings (SSSR count). The van der Waals surface area contributed by atoms with Crippen LogP contribution < -0.4 is 0 Å². The first-order valence-corrected chi connectivity index (χ1v) is 10.2. The summed E-state index contributed by atoms with van der Waals surface area (Å²) in [5.41, 5.74) is -1.98. The smallest absolute Gasteiger partial charge is 0.349 e. The van der Waals surface area contributed by atoms with Gasteiger partial charge in [0.15, 0.2) is 0 Å². The van der Waals surface area contributed by atoms with Gasteiger partial charge in [0.25, 0.3) is 0 Å². The highest BCUT2D eigenvalue weighted by Gasteiger charge is 2.71. The number of hydrogen-bond acceptors (Lipinski definition) is 6. The lowest BCUT2D eigenvalue weighted by atomic mass is 9.95. The van der Waals surface area contributed by atoms with Crippen molar-refractivity contribution in [1.82, 2.24) is 0 Å². The van der Waals surface area contributed by atoms with Gasteiger partial charge in [-0.1, -0.05) is 12.1 Å². The van der Waals surface area contributed by atoms with Crippen molar-refractivity contribution in [1.29, 1.82) is 0 Å². The molecule has 4 unspecified atom stereocenters. The lowest BCUT2D eigenvalue weighted by Crippen LogP contribution is -2.60. The number of ether oxygens (including phenoxy) is 2. The highest BCUT2D eigenvalue weighted by atomic mass is 32.1. The highest BCUT2D eigenvalue weighted by Crippen LogP contribution is 2.52. The first-order valence-electron chi connectivity index (χ1n) is 10.4.